The van der Waals surface area contributed by atoms with Gasteiger partial charge in [-0.25, -0.2) is 0 Å². The van der Waals surface area contributed by atoms with Gasteiger partial charge in [0.15, 0.2) is 0 Å². The molecule has 0 radical (unpaired) electrons. The third-order valence-corrected chi connectivity index (χ3v) is 1.75. The van der Waals surface area contributed by atoms with E-state index in [1.807, 2.05) is 24.5 Å². The van der Waals surface area contributed by atoms with Crippen LogP contribution in [0.25, 0.3) is 0 Å². The Morgan fingerprint density at radius 1 is 1.50 bits per heavy atom. The lowest BCUT2D eigenvalue weighted by Crippen LogP contribution is -1.99. The molecular weight excluding hydrogens is 143 g/mol. The molecule has 0 bridgehead atoms. The smallest absolute Gasteiger partial charge is 0.0271 e. The summed E-state index contributed by atoms with van der Waals surface area (Å²) >= 11 is 0. The molecule has 10 heavy (non-hydrogen) atoms. The molecule has 0 aromatic carbocycles. The SMILES string of the molecule is CPNCc1ccncc1. The van der Waals surface area contributed by atoms with Gasteiger partial charge in [0.25, 0.3) is 0 Å². The predicted molar refractivity (Wildman–Crippen MR) is 45.3 cm³/mol. The van der Waals surface area contributed by atoms with Gasteiger partial charge < -0.3 is 0 Å². The Morgan fingerprint density at radius 3 is 2.80 bits per heavy atom. The van der Waals surface area contributed by atoms with Crippen molar-refractivity contribution in [2.24, 2.45) is 0 Å². The summed E-state index contributed by atoms with van der Waals surface area (Å²) in [6.45, 7) is 3.08. The molecule has 0 aliphatic rings. The average Bonchev–Trinajstić information content (AvgIpc) is 2.03. The van der Waals surface area contributed by atoms with Gasteiger partial charge >= 0.3 is 0 Å². The molecule has 54 valence electrons. The lowest BCUT2D eigenvalue weighted by Gasteiger charge is -1.98. The van der Waals surface area contributed by atoms with E-state index >= 15 is 0 Å². The van der Waals surface area contributed by atoms with Gasteiger partial charge in [0.1, 0.15) is 0 Å². The molecular formula is C7H11N2P. The zero-order valence-electron chi connectivity index (χ0n) is 5.96. The molecule has 1 unspecified atom stereocenters. The van der Waals surface area contributed by atoms with E-state index in [4.69, 9.17) is 0 Å². The number of rotatable bonds is 3. The van der Waals surface area contributed by atoms with E-state index in [1.54, 1.807) is 0 Å². The van der Waals surface area contributed by atoms with E-state index in [2.05, 4.69) is 16.7 Å². The Labute approximate surface area is 62.9 Å². The van der Waals surface area contributed by atoms with E-state index in [9.17, 15) is 0 Å². The van der Waals surface area contributed by atoms with Crippen LogP contribution in [-0.4, -0.2) is 11.6 Å². The molecule has 2 nitrogen and oxygen atoms in total. The van der Waals surface area contributed by atoms with E-state index in [1.165, 1.54) is 5.56 Å². The molecule has 0 fully saturated rings. The lowest BCUT2D eigenvalue weighted by atomic mass is 10.3. The maximum Gasteiger partial charge on any atom is 0.0271 e. The van der Waals surface area contributed by atoms with Gasteiger partial charge in [0.2, 0.25) is 0 Å². The van der Waals surface area contributed by atoms with Crippen molar-refractivity contribution in [2.45, 2.75) is 6.54 Å². The quantitative estimate of drug-likeness (QED) is 0.665. The van der Waals surface area contributed by atoms with Crippen LogP contribution >= 0.6 is 8.73 Å². The van der Waals surface area contributed by atoms with Crippen LogP contribution in [0.4, 0.5) is 0 Å². The molecule has 0 amide bonds. The van der Waals surface area contributed by atoms with Crippen LogP contribution in [0.3, 0.4) is 0 Å². The first-order valence-corrected chi connectivity index (χ1v) is 4.72. The molecule has 0 aliphatic heterocycles. The van der Waals surface area contributed by atoms with Crippen LogP contribution < -0.4 is 5.09 Å². The monoisotopic (exact) mass is 154 g/mol. The highest BCUT2D eigenvalue weighted by atomic mass is 31.1. The highest BCUT2D eigenvalue weighted by Crippen LogP contribution is 1.99. The zero-order chi connectivity index (χ0) is 7.23. The van der Waals surface area contributed by atoms with Gasteiger partial charge in [-0.15, -0.1) is 0 Å². The van der Waals surface area contributed by atoms with E-state index in [-0.39, 0.29) is 0 Å². The van der Waals surface area contributed by atoms with E-state index < -0.39 is 0 Å². The van der Waals surface area contributed by atoms with Crippen LogP contribution in [0.15, 0.2) is 24.5 Å². The number of nitrogens with one attached hydrogen (secondary N) is 1. The summed E-state index contributed by atoms with van der Waals surface area (Å²) in [6.07, 6.45) is 3.63. The molecule has 3 heteroatoms. The summed E-state index contributed by atoms with van der Waals surface area (Å²) in [4.78, 5) is 3.93. The number of aromatic nitrogens is 1. The van der Waals surface area contributed by atoms with Crippen LogP contribution in [0.1, 0.15) is 5.56 Å². The topological polar surface area (TPSA) is 24.9 Å². The second-order valence-corrected chi connectivity index (χ2v) is 2.81. The van der Waals surface area contributed by atoms with Gasteiger partial charge in [0, 0.05) is 18.9 Å². The molecule has 0 aliphatic carbocycles. The fourth-order valence-electron chi connectivity index (χ4n) is 0.691. The number of hydrogen-bond donors (Lipinski definition) is 1. The van der Waals surface area contributed by atoms with Gasteiger partial charge in [0.05, 0.1) is 0 Å². The van der Waals surface area contributed by atoms with Gasteiger partial charge in [-0.3, -0.25) is 10.1 Å². The zero-order valence-corrected chi connectivity index (χ0v) is 6.96. The second kappa shape index (κ2) is 4.37. The molecule has 0 spiro atoms. The third kappa shape index (κ3) is 2.42. The molecule has 1 aromatic heterocycles. The first-order chi connectivity index (χ1) is 4.93. The Bertz CT molecular complexity index is 176. The molecule has 0 saturated carbocycles. The number of pyridine rings is 1. The summed E-state index contributed by atoms with van der Waals surface area (Å²) in [7, 11) is 0.813. The molecule has 1 atom stereocenters. The van der Waals surface area contributed by atoms with Crippen molar-refractivity contribution in [1.29, 1.82) is 0 Å². The third-order valence-electron chi connectivity index (χ3n) is 1.22. The lowest BCUT2D eigenvalue weighted by molar-refractivity contribution is 0.966. The minimum Gasteiger partial charge on any atom is -0.294 e. The van der Waals surface area contributed by atoms with E-state index in [0.717, 1.165) is 15.3 Å². The number of nitrogens with zero attached hydrogens (tertiary/aromatic N) is 1. The first-order valence-electron chi connectivity index (χ1n) is 3.22. The standard InChI is InChI=1S/C7H11N2P/c1-10-9-6-7-2-4-8-5-3-7/h2-5,9-10H,6H2,1H3. The van der Waals surface area contributed by atoms with Gasteiger partial charge in [-0.05, 0) is 24.4 Å². The predicted octanol–water partition coefficient (Wildman–Crippen LogP) is 1.39. The fourth-order valence-corrected chi connectivity index (χ4v) is 1.07. The Hall–Kier alpha value is -0.460. The van der Waals surface area contributed by atoms with Gasteiger partial charge in [-0.1, -0.05) is 8.73 Å². The van der Waals surface area contributed by atoms with E-state index in [0.29, 0.717) is 0 Å². The van der Waals surface area contributed by atoms with Crippen molar-refractivity contribution in [3.05, 3.63) is 30.1 Å². The maximum atomic E-state index is 3.93. The first kappa shape index (κ1) is 7.64. The Morgan fingerprint density at radius 2 is 2.20 bits per heavy atom. The van der Waals surface area contributed by atoms with Crippen LogP contribution in [0, 0.1) is 0 Å². The van der Waals surface area contributed by atoms with Crippen molar-refractivity contribution < 1.29 is 0 Å². The molecule has 1 aromatic rings. The Balaban J connectivity index is 2.43. The summed E-state index contributed by atoms with van der Waals surface area (Å²) in [6, 6.07) is 4.04. The van der Waals surface area contributed by atoms with Crippen LogP contribution in [-0.2, 0) is 6.54 Å². The fraction of sp³-hybridized carbons (Fsp3) is 0.286. The van der Waals surface area contributed by atoms with Crippen LogP contribution in [0.5, 0.6) is 0 Å². The molecule has 0 saturated heterocycles. The highest BCUT2D eigenvalue weighted by molar-refractivity contribution is 7.34. The maximum absolute atomic E-state index is 3.93. The van der Waals surface area contributed by atoms with Crippen molar-refractivity contribution in [1.82, 2.24) is 10.1 Å². The summed E-state index contributed by atoms with van der Waals surface area (Å²) < 4.78 is 0. The normalized spacial score (nSPS) is 10.9. The Kier molecular flexibility index (Phi) is 3.34. The van der Waals surface area contributed by atoms with Crippen molar-refractivity contribution in [3.8, 4) is 0 Å². The summed E-state index contributed by atoms with van der Waals surface area (Å²) in [5.74, 6) is 0. The van der Waals surface area contributed by atoms with Crippen molar-refractivity contribution in [3.63, 3.8) is 0 Å². The highest BCUT2D eigenvalue weighted by Gasteiger charge is 1.86. The minimum atomic E-state index is 0.813. The van der Waals surface area contributed by atoms with Crippen molar-refractivity contribution >= 4 is 8.73 Å². The van der Waals surface area contributed by atoms with Crippen molar-refractivity contribution in [2.75, 3.05) is 6.66 Å². The molecule has 1 N–H and O–H groups in total. The minimum absolute atomic E-state index is 0.813. The van der Waals surface area contributed by atoms with Crippen LogP contribution in [0.2, 0.25) is 0 Å². The molecule has 1 heterocycles. The summed E-state index contributed by atoms with van der Waals surface area (Å²) in [5.41, 5.74) is 1.30. The second-order valence-electron chi connectivity index (χ2n) is 1.96. The average molecular weight is 154 g/mol. The summed E-state index contributed by atoms with van der Waals surface area (Å²) in [5, 5.41) is 3.26. The van der Waals surface area contributed by atoms with Gasteiger partial charge in [-0.2, -0.15) is 0 Å². The largest absolute Gasteiger partial charge is 0.294 e. The number of hydrogen-bond acceptors (Lipinski definition) is 2. The molecule has 1 rings (SSSR count).